The fourth-order valence-electron chi connectivity index (χ4n) is 1.90. The number of benzene rings is 1. The summed E-state index contributed by atoms with van der Waals surface area (Å²) in [4.78, 5) is 0. The molecule has 90 valence electrons. The molecular weight excluding hydrogens is 208 g/mol. The summed E-state index contributed by atoms with van der Waals surface area (Å²) in [5.74, 6) is -0.639. The summed E-state index contributed by atoms with van der Waals surface area (Å²) in [6, 6.07) is 4.28. The van der Waals surface area contributed by atoms with Gasteiger partial charge in [0.2, 0.25) is 0 Å². The van der Waals surface area contributed by atoms with Gasteiger partial charge in [-0.05, 0) is 38.4 Å². The molecule has 1 aromatic rings. The Morgan fingerprint density at radius 1 is 1.25 bits per heavy atom. The highest BCUT2D eigenvalue weighted by molar-refractivity contribution is 5.20. The van der Waals surface area contributed by atoms with E-state index in [0.717, 1.165) is 6.42 Å². The van der Waals surface area contributed by atoms with Crippen molar-refractivity contribution in [2.45, 2.75) is 32.7 Å². The highest BCUT2D eigenvalue weighted by atomic mass is 19.1. The molecular formula is C13H19F2N. The van der Waals surface area contributed by atoms with E-state index in [1.807, 2.05) is 20.9 Å². The summed E-state index contributed by atoms with van der Waals surface area (Å²) in [7, 11) is 1.87. The van der Waals surface area contributed by atoms with Crippen LogP contribution in [0.5, 0.6) is 0 Å². The Hall–Kier alpha value is -0.960. The van der Waals surface area contributed by atoms with E-state index in [1.165, 1.54) is 18.2 Å². The Kier molecular flexibility index (Phi) is 4.87. The monoisotopic (exact) mass is 227 g/mol. The van der Waals surface area contributed by atoms with Gasteiger partial charge < -0.3 is 5.32 Å². The molecule has 1 N–H and O–H groups in total. The van der Waals surface area contributed by atoms with Crippen LogP contribution in [-0.2, 0) is 6.42 Å². The first-order chi connectivity index (χ1) is 7.60. The van der Waals surface area contributed by atoms with Gasteiger partial charge in [0.05, 0.1) is 0 Å². The van der Waals surface area contributed by atoms with Crippen LogP contribution in [0.2, 0.25) is 0 Å². The SMILES string of the molecule is CCC(Cc1c(F)cccc1F)C(C)NC. The topological polar surface area (TPSA) is 12.0 Å². The molecule has 0 bridgehead atoms. The van der Waals surface area contributed by atoms with Crippen molar-refractivity contribution in [2.24, 2.45) is 5.92 Å². The normalized spacial score (nSPS) is 14.8. The molecule has 0 aliphatic rings. The highest BCUT2D eigenvalue weighted by Crippen LogP contribution is 2.20. The van der Waals surface area contributed by atoms with E-state index < -0.39 is 11.6 Å². The number of rotatable bonds is 5. The van der Waals surface area contributed by atoms with Gasteiger partial charge in [0.25, 0.3) is 0 Å². The average Bonchev–Trinajstić information content (AvgIpc) is 2.28. The minimum Gasteiger partial charge on any atom is -0.317 e. The van der Waals surface area contributed by atoms with Crippen molar-refractivity contribution < 1.29 is 8.78 Å². The fourth-order valence-corrected chi connectivity index (χ4v) is 1.90. The largest absolute Gasteiger partial charge is 0.317 e. The molecule has 0 amide bonds. The summed E-state index contributed by atoms with van der Waals surface area (Å²) in [5, 5.41) is 3.13. The van der Waals surface area contributed by atoms with Gasteiger partial charge in [-0.2, -0.15) is 0 Å². The van der Waals surface area contributed by atoms with E-state index in [0.29, 0.717) is 6.42 Å². The molecule has 0 radical (unpaired) electrons. The van der Waals surface area contributed by atoms with Crippen molar-refractivity contribution >= 4 is 0 Å². The molecule has 0 spiro atoms. The Balaban J connectivity index is 2.85. The zero-order valence-electron chi connectivity index (χ0n) is 10.1. The van der Waals surface area contributed by atoms with E-state index in [1.54, 1.807) is 0 Å². The highest BCUT2D eigenvalue weighted by Gasteiger charge is 2.18. The van der Waals surface area contributed by atoms with E-state index in [4.69, 9.17) is 0 Å². The molecule has 1 nitrogen and oxygen atoms in total. The minimum atomic E-state index is -0.443. The lowest BCUT2D eigenvalue weighted by Gasteiger charge is -2.22. The summed E-state index contributed by atoms with van der Waals surface area (Å²) in [6.07, 6.45) is 1.34. The Bertz CT molecular complexity index is 318. The molecule has 0 saturated carbocycles. The van der Waals surface area contributed by atoms with Crippen LogP contribution in [0.3, 0.4) is 0 Å². The van der Waals surface area contributed by atoms with Crippen molar-refractivity contribution in [1.82, 2.24) is 5.32 Å². The Morgan fingerprint density at radius 2 is 1.81 bits per heavy atom. The second kappa shape index (κ2) is 5.94. The molecule has 1 rings (SSSR count). The van der Waals surface area contributed by atoms with Gasteiger partial charge in [0.15, 0.2) is 0 Å². The molecule has 2 atom stereocenters. The van der Waals surface area contributed by atoms with Gasteiger partial charge in [0.1, 0.15) is 11.6 Å². The number of hydrogen-bond donors (Lipinski definition) is 1. The third kappa shape index (κ3) is 3.01. The molecule has 2 unspecified atom stereocenters. The van der Waals surface area contributed by atoms with Crippen molar-refractivity contribution in [3.05, 3.63) is 35.4 Å². The summed E-state index contributed by atoms with van der Waals surface area (Å²) >= 11 is 0. The predicted octanol–water partition coefficient (Wildman–Crippen LogP) is 3.14. The number of nitrogens with one attached hydrogen (secondary N) is 1. The Labute approximate surface area is 95.9 Å². The van der Waals surface area contributed by atoms with Crippen LogP contribution < -0.4 is 5.32 Å². The molecule has 0 aliphatic carbocycles. The summed E-state index contributed by atoms with van der Waals surface area (Å²) < 4.78 is 26.9. The van der Waals surface area contributed by atoms with Gasteiger partial charge >= 0.3 is 0 Å². The summed E-state index contributed by atoms with van der Waals surface area (Å²) in [5.41, 5.74) is 0.205. The molecule has 0 saturated heterocycles. The van der Waals surface area contributed by atoms with Crippen LogP contribution in [0, 0.1) is 17.6 Å². The van der Waals surface area contributed by atoms with E-state index in [-0.39, 0.29) is 17.5 Å². The van der Waals surface area contributed by atoms with Crippen molar-refractivity contribution in [1.29, 1.82) is 0 Å². The zero-order chi connectivity index (χ0) is 12.1. The maximum Gasteiger partial charge on any atom is 0.129 e. The van der Waals surface area contributed by atoms with Crippen molar-refractivity contribution in [3.63, 3.8) is 0 Å². The van der Waals surface area contributed by atoms with E-state index in [9.17, 15) is 8.78 Å². The van der Waals surface area contributed by atoms with Gasteiger partial charge in [-0.25, -0.2) is 8.78 Å². The Morgan fingerprint density at radius 3 is 2.25 bits per heavy atom. The third-order valence-corrected chi connectivity index (χ3v) is 3.21. The van der Waals surface area contributed by atoms with Gasteiger partial charge in [-0.1, -0.05) is 19.4 Å². The quantitative estimate of drug-likeness (QED) is 0.814. The summed E-state index contributed by atoms with van der Waals surface area (Å²) in [6.45, 7) is 4.07. The molecule has 3 heteroatoms. The van der Waals surface area contributed by atoms with E-state index >= 15 is 0 Å². The van der Waals surface area contributed by atoms with Crippen LogP contribution in [-0.4, -0.2) is 13.1 Å². The van der Waals surface area contributed by atoms with Crippen molar-refractivity contribution in [3.8, 4) is 0 Å². The van der Waals surface area contributed by atoms with Crippen LogP contribution in [0.1, 0.15) is 25.8 Å². The second-order valence-electron chi connectivity index (χ2n) is 4.15. The first-order valence-electron chi connectivity index (χ1n) is 5.70. The lowest BCUT2D eigenvalue weighted by molar-refractivity contribution is 0.370. The first kappa shape index (κ1) is 13.1. The van der Waals surface area contributed by atoms with Crippen LogP contribution in [0.25, 0.3) is 0 Å². The smallest absolute Gasteiger partial charge is 0.129 e. The van der Waals surface area contributed by atoms with Gasteiger partial charge in [0, 0.05) is 11.6 Å². The maximum atomic E-state index is 13.5. The lowest BCUT2D eigenvalue weighted by atomic mass is 9.90. The molecule has 16 heavy (non-hydrogen) atoms. The third-order valence-electron chi connectivity index (χ3n) is 3.21. The van der Waals surface area contributed by atoms with Crippen LogP contribution in [0.15, 0.2) is 18.2 Å². The van der Waals surface area contributed by atoms with Gasteiger partial charge in [-0.3, -0.25) is 0 Å². The standard InChI is InChI=1S/C13H19F2N/c1-4-10(9(2)16-3)8-11-12(14)6-5-7-13(11)15/h5-7,9-10,16H,4,8H2,1-3H3. The molecule has 0 aromatic heterocycles. The molecule has 1 aromatic carbocycles. The predicted molar refractivity (Wildman–Crippen MR) is 62.4 cm³/mol. The fraction of sp³-hybridized carbons (Fsp3) is 0.538. The number of halogens is 2. The maximum absolute atomic E-state index is 13.5. The van der Waals surface area contributed by atoms with Gasteiger partial charge in [-0.15, -0.1) is 0 Å². The molecule has 0 heterocycles. The zero-order valence-corrected chi connectivity index (χ0v) is 10.1. The van der Waals surface area contributed by atoms with Crippen LogP contribution in [0.4, 0.5) is 8.78 Å². The second-order valence-corrected chi connectivity index (χ2v) is 4.15. The lowest BCUT2D eigenvalue weighted by Crippen LogP contribution is -2.31. The van der Waals surface area contributed by atoms with Crippen LogP contribution >= 0.6 is 0 Å². The first-order valence-corrected chi connectivity index (χ1v) is 5.70. The van der Waals surface area contributed by atoms with E-state index in [2.05, 4.69) is 5.32 Å². The molecule has 0 fully saturated rings. The number of hydrogen-bond acceptors (Lipinski definition) is 1. The molecule has 0 aliphatic heterocycles. The van der Waals surface area contributed by atoms with Crippen molar-refractivity contribution in [2.75, 3.05) is 7.05 Å². The average molecular weight is 227 g/mol. The minimum absolute atomic E-state index is 0.205.